The SMILES string of the molecule is NCCC1=C2C=CC=C3C=CC=C(C=C1)C32. The molecule has 3 aliphatic carbocycles. The quantitative estimate of drug-likeness (QED) is 0.743. The zero-order valence-corrected chi connectivity index (χ0v) is 9.19. The maximum Gasteiger partial charge on any atom is 0.0342 e. The molecule has 16 heavy (non-hydrogen) atoms. The Bertz CT molecular complexity index is 488. The highest BCUT2D eigenvalue weighted by molar-refractivity contribution is 5.60. The third-order valence-corrected chi connectivity index (χ3v) is 3.38. The number of nitrogens with two attached hydrogens (primary N) is 1. The number of hydrogen-bond acceptors (Lipinski definition) is 1. The summed E-state index contributed by atoms with van der Waals surface area (Å²) in [6.45, 7) is 0.720. The lowest BCUT2D eigenvalue weighted by Crippen LogP contribution is -2.17. The van der Waals surface area contributed by atoms with Crippen molar-refractivity contribution in [2.45, 2.75) is 6.42 Å². The average Bonchev–Trinajstić information content (AvgIpc) is 2.33. The molecule has 0 heterocycles. The van der Waals surface area contributed by atoms with Gasteiger partial charge >= 0.3 is 0 Å². The van der Waals surface area contributed by atoms with Gasteiger partial charge in [-0.05, 0) is 35.3 Å². The summed E-state index contributed by atoms with van der Waals surface area (Å²) in [4.78, 5) is 0. The van der Waals surface area contributed by atoms with Crippen molar-refractivity contribution < 1.29 is 0 Å². The first kappa shape index (κ1) is 9.61. The maximum atomic E-state index is 5.66. The van der Waals surface area contributed by atoms with E-state index >= 15 is 0 Å². The number of rotatable bonds is 2. The van der Waals surface area contributed by atoms with Gasteiger partial charge in [-0.25, -0.2) is 0 Å². The summed E-state index contributed by atoms with van der Waals surface area (Å²) in [6.07, 6.45) is 18.5. The third kappa shape index (κ3) is 1.36. The molecule has 3 aliphatic rings. The Balaban J connectivity index is 2.12. The maximum absolute atomic E-state index is 5.66. The van der Waals surface area contributed by atoms with Crippen LogP contribution in [0.4, 0.5) is 0 Å². The van der Waals surface area contributed by atoms with Gasteiger partial charge in [0.25, 0.3) is 0 Å². The molecule has 0 aromatic rings. The molecule has 1 unspecified atom stereocenters. The Morgan fingerprint density at radius 3 is 2.50 bits per heavy atom. The molecule has 3 rings (SSSR count). The molecule has 1 atom stereocenters. The van der Waals surface area contributed by atoms with Gasteiger partial charge in [0.15, 0.2) is 0 Å². The van der Waals surface area contributed by atoms with Crippen LogP contribution in [0.5, 0.6) is 0 Å². The van der Waals surface area contributed by atoms with E-state index in [1.54, 1.807) is 0 Å². The Kier molecular flexibility index (Phi) is 2.26. The lowest BCUT2D eigenvalue weighted by atomic mass is 9.73. The van der Waals surface area contributed by atoms with Gasteiger partial charge in [-0.1, -0.05) is 48.6 Å². The molecule has 0 radical (unpaired) electrons. The van der Waals surface area contributed by atoms with E-state index in [0.717, 1.165) is 13.0 Å². The zero-order valence-electron chi connectivity index (χ0n) is 9.19. The molecular formula is C15H15N. The Hall–Kier alpha value is -1.60. The molecular weight excluding hydrogens is 194 g/mol. The van der Waals surface area contributed by atoms with Crippen LogP contribution in [-0.4, -0.2) is 6.54 Å². The average molecular weight is 209 g/mol. The summed E-state index contributed by atoms with van der Waals surface area (Å²) in [5, 5.41) is 0. The second kappa shape index (κ2) is 3.76. The van der Waals surface area contributed by atoms with Crippen molar-refractivity contribution in [1.29, 1.82) is 0 Å². The number of hydrogen-bond donors (Lipinski definition) is 1. The summed E-state index contributed by atoms with van der Waals surface area (Å²) >= 11 is 0. The van der Waals surface area contributed by atoms with Gasteiger partial charge in [0.2, 0.25) is 0 Å². The van der Waals surface area contributed by atoms with Crippen LogP contribution < -0.4 is 5.73 Å². The highest BCUT2D eigenvalue weighted by atomic mass is 14.5. The molecule has 0 aromatic heterocycles. The van der Waals surface area contributed by atoms with Crippen molar-refractivity contribution in [3.63, 3.8) is 0 Å². The molecule has 0 fully saturated rings. The first-order valence-corrected chi connectivity index (χ1v) is 5.78. The van der Waals surface area contributed by atoms with E-state index in [1.807, 2.05) is 0 Å². The van der Waals surface area contributed by atoms with Crippen LogP contribution in [0.15, 0.2) is 70.9 Å². The van der Waals surface area contributed by atoms with Gasteiger partial charge in [-0.15, -0.1) is 0 Å². The van der Waals surface area contributed by atoms with Crippen LogP contribution in [0.2, 0.25) is 0 Å². The summed E-state index contributed by atoms with van der Waals surface area (Å²) in [5.41, 5.74) is 11.3. The first-order valence-electron chi connectivity index (χ1n) is 5.78. The van der Waals surface area contributed by atoms with E-state index in [9.17, 15) is 0 Å². The monoisotopic (exact) mass is 209 g/mol. The van der Waals surface area contributed by atoms with E-state index in [-0.39, 0.29) is 0 Å². The lowest BCUT2D eigenvalue weighted by molar-refractivity contribution is 0.835. The molecule has 0 aliphatic heterocycles. The van der Waals surface area contributed by atoms with E-state index in [0.29, 0.717) is 5.92 Å². The summed E-state index contributed by atoms with van der Waals surface area (Å²) < 4.78 is 0. The summed E-state index contributed by atoms with van der Waals surface area (Å²) in [5.74, 6) is 0.460. The molecule has 0 spiro atoms. The van der Waals surface area contributed by atoms with Gasteiger partial charge in [0.05, 0.1) is 0 Å². The summed E-state index contributed by atoms with van der Waals surface area (Å²) in [7, 11) is 0. The van der Waals surface area contributed by atoms with E-state index < -0.39 is 0 Å². The fraction of sp³-hybridized carbons (Fsp3) is 0.200. The predicted octanol–water partition coefficient (Wildman–Crippen LogP) is 2.81. The molecule has 0 aromatic carbocycles. The molecule has 1 heteroatoms. The van der Waals surface area contributed by atoms with Gasteiger partial charge in [-0.3, -0.25) is 0 Å². The van der Waals surface area contributed by atoms with E-state index in [4.69, 9.17) is 5.73 Å². The van der Waals surface area contributed by atoms with Crippen molar-refractivity contribution in [3.8, 4) is 0 Å². The van der Waals surface area contributed by atoms with Crippen molar-refractivity contribution in [2.75, 3.05) is 6.54 Å². The standard InChI is InChI=1S/C15H15N/c16-10-9-11-7-8-13-4-1-3-12-5-2-6-14(11)15(12)13/h1-8,15H,9-10,16H2. The molecule has 1 nitrogen and oxygen atoms in total. The first-order chi connectivity index (χ1) is 7.90. The Morgan fingerprint density at radius 2 is 1.69 bits per heavy atom. The van der Waals surface area contributed by atoms with Crippen molar-refractivity contribution >= 4 is 0 Å². The lowest BCUT2D eigenvalue weighted by Gasteiger charge is -2.30. The minimum atomic E-state index is 0.460. The van der Waals surface area contributed by atoms with Gasteiger partial charge in [0.1, 0.15) is 0 Å². The second-order valence-corrected chi connectivity index (χ2v) is 4.34. The fourth-order valence-corrected chi connectivity index (χ4v) is 2.65. The molecule has 2 N–H and O–H groups in total. The number of allylic oxidation sites excluding steroid dienone is 11. The smallest absolute Gasteiger partial charge is 0.0342 e. The van der Waals surface area contributed by atoms with Crippen LogP contribution >= 0.6 is 0 Å². The molecule has 0 bridgehead atoms. The van der Waals surface area contributed by atoms with Crippen LogP contribution in [0.25, 0.3) is 0 Å². The van der Waals surface area contributed by atoms with Crippen LogP contribution in [0.3, 0.4) is 0 Å². The van der Waals surface area contributed by atoms with Crippen LogP contribution in [0.1, 0.15) is 6.42 Å². The van der Waals surface area contributed by atoms with Gasteiger partial charge in [0, 0.05) is 5.92 Å². The minimum Gasteiger partial charge on any atom is -0.330 e. The van der Waals surface area contributed by atoms with Crippen LogP contribution in [-0.2, 0) is 0 Å². The third-order valence-electron chi connectivity index (χ3n) is 3.38. The van der Waals surface area contributed by atoms with Crippen molar-refractivity contribution in [1.82, 2.24) is 0 Å². The predicted molar refractivity (Wildman–Crippen MR) is 67.8 cm³/mol. The second-order valence-electron chi connectivity index (χ2n) is 4.34. The van der Waals surface area contributed by atoms with E-state index in [1.165, 1.54) is 22.3 Å². The highest BCUT2D eigenvalue weighted by Gasteiger charge is 2.26. The molecule has 80 valence electrons. The molecule has 0 amide bonds. The van der Waals surface area contributed by atoms with Crippen molar-refractivity contribution in [2.24, 2.45) is 11.7 Å². The largest absolute Gasteiger partial charge is 0.330 e. The van der Waals surface area contributed by atoms with Crippen molar-refractivity contribution in [3.05, 3.63) is 70.9 Å². The summed E-state index contributed by atoms with van der Waals surface area (Å²) in [6, 6.07) is 0. The van der Waals surface area contributed by atoms with Crippen LogP contribution in [0, 0.1) is 5.92 Å². The topological polar surface area (TPSA) is 26.0 Å². The highest BCUT2D eigenvalue weighted by Crippen LogP contribution is 2.41. The van der Waals surface area contributed by atoms with E-state index in [2.05, 4.69) is 48.6 Å². The van der Waals surface area contributed by atoms with Gasteiger partial charge in [-0.2, -0.15) is 0 Å². The minimum absolute atomic E-state index is 0.460. The van der Waals surface area contributed by atoms with Gasteiger partial charge < -0.3 is 5.73 Å². The molecule has 0 saturated carbocycles. The fourth-order valence-electron chi connectivity index (χ4n) is 2.65. The normalized spacial score (nSPS) is 25.4. The Labute approximate surface area is 96.0 Å². The Morgan fingerprint density at radius 1 is 0.938 bits per heavy atom. The zero-order chi connectivity index (χ0) is 11.0. The molecule has 0 saturated heterocycles.